The number of esters is 1. The number of methoxy groups -OCH3 is 2. The van der Waals surface area contributed by atoms with Crippen molar-refractivity contribution in [2.24, 2.45) is 0 Å². The third-order valence-corrected chi connectivity index (χ3v) is 3.58. The van der Waals surface area contributed by atoms with E-state index in [1.807, 2.05) is 0 Å². The minimum absolute atomic E-state index is 0.429. The molecule has 0 bridgehead atoms. The maximum atomic E-state index is 12.0. The monoisotopic (exact) mass is 310 g/mol. The fourth-order valence-corrected chi connectivity index (χ4v) is 2.39. The molecule has 3 rings (SSSR count). The van der Waals surface area contributed by atoms with E-state index in [1.54, 1.807) is 42.5 Å². The minimum Gasteiger partial charge on any atom is -0.493 e. The summed E-state index contributed by atoms with van der Waals surface area (Å²) < 4.78 is 15.8. The number of rotatable bonds is 4. The van der Waals surface area contributed by atoms with Crippen LogP contribution >= 0.6 is 0 Å². The Morgan fingerprint density at radius 2 is 1.48 bits per heavy atom. The largest absolute Gasteiger partial charge is 0.493 e. The van der Waals surface area contributed by atoms with Gasteiger partial charge < -0.3 is 14.2 Å². The topological polar surface area (TPSA) is 61.8 Å². The van der Waals surface area contributed by atoms with Crippen LogP contribution < -0.4 is 9.47 Å². The molecule has 5 heteroatoms. The van der Waals surface area contributed by atoms with Gasteiger partial charge in [0.15, 0.2) is 11.5 Å². The first-order valence-corrected chi connectivity index (χ1v) is 6.91. The van der Waals surface area contributed by atoms with E-state index in [9.17, 15) is 9.59 Å². The van der Waals surface area contributed by atoms with Crippen molar-refractivity contribution in [3.05, 3.63) is 58.7 Å². The van der Waals surface area contributed by atoms with Gasteiger partial charge in [-0.1, -0.05) is 24.3 Å². The quantitative estimate of drug-likeness (QED) is 0.641. The Labute approximate surface area is 133 Å². The molecule has 0 radical (unpaired) electrons. The normalized spacial score (nSPS) is 14.3. The fraction of sp³-hybridized carbons (Fsp3) is 0.111. The molecule has 0 N–H and O–H groups in total. The van der Waals surface area contributed by atoms with Crippen LogP contribution in [-0.4, -0.2) is 26.5 Å². The van der Waals surface area contributed by atoms with Gasteiger partial charge in [0.2, 0.25) is 0 Å². The number of benzene rings is 2. The van der Waals surface area contributed by atoms with Crippen molar-refractivity contribution in [3.8, 4) is 11.5 Å². The predicted molar refractivity (Wildman–Crippen MR) is 84.7 cm³/mol. The molecule has 1 aliphatic heterocycles. The molecule has 0 aromatic heterocycles. The number of aldehydes is 1. The Balaban J connectivity index is 2.05. The summed E-state index contributed by atoms with van der Waals surface area (Å²) in [6, 6.07) is 10.3. The zero-order chi connectivity index (χ0) is 16.4. The van der Waals surface area contributed by atoms with Crippen LogP contribution in [0.4, 0.5) is 0 Å². The first-order chi connectivity index (χ1) is 11.2. The van der Waals surface area contributed by atoms with E-state index < -0.39 is 5.97 Å². The Kier molecular flexibility index (Phi) is 3.85. The van der Waals surface area contributed by atoms with Crippen LogP contribution in [0.1, 0.15) is 31.8 Å². The molecule has 0 fully saturated rings. The van der Waals surface area contributed by atoms with Crippen LogP contribution in [0.5, 0.6) is 11.5 Å². The van der Waals surface area contributed by atoms with Gasteiger partial charge in [-0.3, -0.25) is 4.79 Å². The molecule has 1 aliphatic rings. The highest BCUT2D eigenvalue weighted by atomic mass is 16.5. The highest BCUT2D eigenvalue weighted by Gasteiger charge is 2.29. The van der Waals surface area contributed by atoms with Crippen molar-refractivity contribution in [1.82, 2.24) is 0 Å². The van der Waals surface area contributed by atoms with Gasteiger partial charge in [0.25, 0.3) is 0 Å². The van der Waals surface area contributed by atoms with E-state index in [0.717, 1.165) is 11.8 Å². The van der Waals surface area contributed by atoms with E-state index in [2.05, 4.69) is 0 Å². The highest BCUT2D eigenvalue weighted by Crippen LogP contribution is 2.39. The highest BCUT2D eigenvalue weighted by molar-refractivity contribution is 6.06. The molecule has 0 saturated heterocycles. The maximum Gasteiger partial charge on any atom is 0.344 e. The lowest BCUT2D eigenvalue weighted by molar-refractivity contribution is 0.0716. The number of fused-ring (bicyclic) bond motifs is 1. The molecule has 0 aliphatic carbocycles. The summed E-state index contributed by atoms with van der Waals surface area (Å²) in [5.41, 5.74) is 2.48. The molecule has 23 heavy (non-hydrogen) atoms. The van der Waals surface area contributed by atoms with Gasteiger partial charge in [0.05, 0.1) is 19.8 Å². The van der Waals surface area contributed by atoms with Crippen LogP contribution in [0.15, 0.2) is 36.4 Å². The summed E-state index contributed by atoms with van der Waals surface area (Å²) in [5, 5.41) is 0. The summed E-state index contributed by atoms with van der Waals surface area (Å²) >= 11 is 0. The first kappa shape index (κ1) is 14.8. The Bertz CT molecular complexity index is 803. The number of hydrogen-bond donors (Lipinski definition) is 0. The van der Waals surface area contributed by atoms with Crippen LogP contribution in [0.25, 0.3) is 11.8 Å². The number of carbonyl (C=O) groups is 2. The Hall–Kier alpha value is -3.08. The van der Waals surface area contributed by atoms with E-state index in [0.29, 0.717) is 33.9 Å². The zero-order valence-corrected chi connectivity index (χ0v) is 12.7. The van der Waals surface area contributed by atoms with Crippen LogP contribution in [0.3, 0.4) is 0 Å². The third kappa shape index (κ3) is 2.68. The molecule has 0 saturated carbocycles. The second-order valence-electron chi connectivity index (χ2n) is 4.94. The summed E-state index contributed by atoms with van der Waals surface area (Å²) in [5.74, 6) is 0.994. The Morgan fingerprint density at radius 1 is 0.913 bits per heavy atom. The van der Waals surface area contributed by atoms with E-state index >= 15 is 0 Å². The molecule has 2 aromatic carbocycles. The summed E-state index contributed by atoms with van der Waals surface area (Å²) in [6.45, 7) is 0. The average Bonchev–Trinajstić information content (AvgIpc) is 2.89. The maximum absolute atomic E-state index is 12.0. The van der Waals surface area contributed by atoms with Gasteiger partial charge >= 0.3 is 5.97 Å². The number of cyclic esters (lactones) is 1. The molecular weight excluding hydrogens is 296 g/mol. The average molecular weight is 310 g/mol. The summed E-state index contributed by atoms with van der Waals surface area (Å²) in [4.78, 5) is 22.7. The van der Waals surface area contributed by atoms with Crippen LogP contribution in [0, 0.1) is 0 Å². The van der Waals surface area contributed by atoms with Gasteiger partial charge in [-0.25, -0.2) is 4.79 Å². The zero-order valence-electron chi connectivity index (χ0n) is 12.7. The lowest BCUT2D eigenvalue weighted by atomic mass is 10.0. The summed E-state index contributed by atoms with van der Waals surface area (Å²) in [7, 11) is 3.04. The van der Waals surface area contributed by atoms with Crippen molar-refractivity contribution < 1.29 is 23.8 Å². The number of carbonyl (C=O) groups excluding carboxylic acids is 2. The van der Waals surface area contributed by atoms with Crippen molar-refractivity contribution in [2.75, 3.05) is 14.2 Å². The van der Waals surface area contributed by atoms with Crippen molar-refractivity contribution in [3.63, 3.8) is 0 Å². The van der Waals surface area contributed by atoms with E-state index in [-0.39, 0.29) is 0 Å². The molecule has 1 heterocycles. The molecule has 0 atom stereocenters. The van der Waals surface area contributed by atoms with Crippen LogP contribution in [0.2, 0.25) is 0 Å². The number of hydrogen-bond acceptors (Lipinski definition) is 5. The third-order valence-electron chi connectivity index (χ3n) is 3.58. The lowest BCUT2D eigenvalue weighted by Gasteiger charge is -2.08. The molecule has 2 aromatic rings. The standard InChI is InChI=1S/C18H14O5/c1-21-16-8-13-14(9-17(16)22-2)18(20)23-15(13)7-11-3-5-12(10-19)6-4-11/h3-10H,1-2H3/b15-7-. The molecule has 0 amide bonds. The number of ether oxygens (including phenoxy) is 3. The lowest BCUT2D eigenvalue weighted by Crippen LogP contribution is -1.96. The van der Waals surface area contributed by atoms with Crippen molar-refractivity contribution >= 4 is 24.1 Å². The van der Waals surface area contributed by atoms with Gasteiger partial charge in [0.1, 0.15) is 12.0 Å². The van der Waals surface area contributed by atoms with Crippen LogP contribution in [-0.2, 0) is 4.74 Å². The van der Waals surface area contributed by atoms with Gasteiger partial charge in [-0.15, -0.1) is 0 Å². The molecule has 0 unspecified atom stereocenters. The SMILES string of the molecule is COc1cc2c(cc1OC)/C(=C/c1ccc(C=O)cc1)OC2=O. The molecular formula is C18H14O5. The smallest absolute Gasteiger partial charge is 0.344 e. The van der Waals surface area contributed by atoms with E-state index in [1.165, 1.54) is 14.2 Å². The predicted octanol–water partition coefficient (Wildman–Crippen LogP) is 3.18. The van der Waals surface area contributed by atoms with Gasteiger partial charge in [0, 0.05) is 11.1 Å². The van der Waals surface area contributed by atoms with Gasteiger partial charge in [-0.05, 0) is 23.8 Å². The van der Waals surface area contributed by atoms with E-state index in [4.69, 9.17) is 14.2 Å². The summed E-state index contributed by atoms with van der Waals surface area (Å²) in [6.07, 6.45) is 2.52. The molecule has 5 nitrogen and oxygen atoms in total. The Morgan fingerprint density at radius 3 is 2.04 bits per heavy atom. The van der Waals surface area contributed by atoms with Crippen molar-refractivity contribution in [2.45, 2.75) is 0 Å². The van der Waals surface area contributed by atoms with Crippen molar-refractivity contribution in [1.29, 1.82) is 0 Å². The van der Waals surface area contributed by atoms with Gasteiger partial charge in [-0.2, -0.15) is 0 Å². The second-order valence-corrected chi connectivity index (χ2v) is 4.94. The fourth-order valence-electron chi connectivity index (χ4n) is 2.39. The minimum atomic E-state index is -0.434. The first-order valence-electron chi connectivity index (χ1n) is 6.91. The molecule has 0 spiro atoms. The molecule has 116 valence electrons. The second kappa shape index (κ2) is 5.96.